The minimum absolute atomic E-state index is 0.223. The van der Waals surface area contributed by atoms with Crippen LogP contribution in [0.4, 0.5) is 5.69 Å². The van der Waals surface area contributed by atoms with Crippen molar-refractivity contribution >= 4 is 17.5 Å². The van der Waals surface area contributed by atoms with E-state index in [1.54, 1.807) is 6.07 Å². The quantitative estimate of drug-likeness (QED) is 0.769. The Kier molecular flexibility index (Phi) is 3.28. The zero-order valence-corrected chi connectivity index (χ0v) is 8.53. The number of rotatable bonds is 3. The highest BCUT2D eigenvalue weighted by Crippen LogP contribution is 2.20. The first-order valence-corrected chi connectivity index (χ1v) is 4.29. The summed E-state index contributed by atoms with van der Waals surface area (Å²) in [6, 6.07) is 4.60. The Morgan fingerprint density at radius 3 is 2.47 bits per heavy atom. The highest BCUT2D eigenvalue weighted by molar-refractivity contribution is 5.96. The van der Waals surface area contributed by atoms with Gasteiger partial charge in [-0.1, -0.05) is 0 Å². The molecule has 0 saturated carbocycles. The van der Waals surface area contributed by atoms with E-state index < -0.39 is 5.91 Å². The molecule has 0 saturated heterocycles. The van der Waals surface area contributed by atoms with Gasteiger partial charge in [-0.2, -0.15) is 0 Å². The molecular formula is C10H12N2O3. The molecular weight excluding hydrogens is 196 g/mol. The molecule has 1 aromatic carbocycles. The number of benzene rings is 1. The van der Waals surface area contributed by atoms with Crippen molar-refractivity contribution in [2.45, 2.75) is 6.92 Å². The monoisotopic (exact) mass is 208 g/mol. The summed E-state index contributed by atoms with van der Waals surface area (Å²) in [7, 11) is 1.47. The van der Waals surface area contributed by atoms with E-state index in [2.05, 4.69) is 5.32 Å². The van der Waals surface area contributed by atoms with Crippen LogP contribution in [0.3, 0.4) is 0 Å². The number of nitrogens with one attached hydrogen (secondary N) is 1. The second kappa shape index (κ2) is 4.45. The van der Waals surface area contributed by atoms with Gasteiger partial charge in [-0.3, -0.25) is 9.59 Å². The van der Waals surface area contributed by atoms with Crippen LogP contribution >= 0.6 is 0 Å². The van der Waals surface area contributed by atoms with Gasteiger partial charge in [0.05, 0.1) is 7.11 Å². The predicted molar refractivity (Wildman–Crippen MR) is 55.8 cm³/mol. The second-order valence-corrected chi connectivity index (χ2v) is 3.00. The third kappa shape index (κ3) is 2.98. The molecule has 15 heavy (non-hydrogen) atoms. The summed E-state index contributed by atoms with van der Waals surface area (Å²) in [4.78, 5) is 21.8. The third-order valence-corrected chi connectivity index (χ3v) is 1.75. The number of anilines is 1. The maximum Gasteiger partial charge on any atom is 0.248 e. The van der Waals surface area contributed by atoms with E-state index in [0.717, 1.165) is 0 Å². The summed E-state index contributed by atoms with van der Waals surface area (Å²) in [6.07, 6.45) is 0. The average Bonchev–Trinajstić information content (AvgIpc) is 2.16. The van der Waals surface area contributed by atoms with Crippen LogP contribution in [0.2, 0.25) is 0 Å². The zero-order valence-electron chi connectivity index (χ0n) is 8.53. The fraction of sp³-hybridized carbons (Fsp3) is 0.200. The summed E-state index contributed by atoms with van der Waals surface area (Å²) in [5, 5.41) is 2.55. The lowest BCUT2D eigenvalue weighted by molar-refractivity contribution is -0.114. The first kappa shape index (κ1) is 11.0. The largest absolute Gasteiger partial charge is 0.497 e. The van der Waals surface area contributed by atoms with E-state index in [1.807, 2.05) is 0 Å². The number of ether oxygens (including phenoxy) is 1. The van der Waals surface area contributed by atoms with Gasteiger partial charge < -0.3 is 15.8 Å². The highest BCUT2D eigenvalue weighted by Gasteiger charge is 2.06. The normalized spacial score (nSPS) is 9.47. The maximum atomic E-state index is 11.0. The summed E-state index contributed by atoms with van der Waals surface area (Å²) in [5.74, 6) is -0.325. The molecule has 0 heterocycles. The smallest absolute Gasteiger partial charge is 0.248 e. The van der Waals surface area contributed by atoms with E-state index in [-0.39, 0.29) is 11.5 Å². The van der Waals surface area contributed by atoms with Gasteiger partial charge in [0.2, 0.25) is 11.8 Å². The van der Waals surface area contributed by atoms with Crippen molar-refractivity contribution < 1.29 is 14.3 Å². The van der Waals surface area contributed by atoms with Crippen LogP contribution in [0, 0.1) is 0 Å². The molecule has 0 atom stereocenters. The van der Waals surface area contributed by atoms with Gasteiger partial charge in [-0.05, 0) is 12.1 Å². The van der Waals surface area contributed by atoms with Crippen molar-refractivity contribution in [3.63, 3.8) is 0 Å². The Morgan fingerprint density at radius 1 is 1.33 bits per heavy atom. The van der Waals surface area contributed by atoms with Crippen LogP contribution in [0.5, 0.6) is 5.75 Å². The topological polar surface area (TPSA) is 81.4 Å². The number of methoxy groups -OCH3 is 1. The molecule has 80 valence electrons. The Bertz CT molecular complexity index is 402. The van der Waals surface area contributed by atoms with Gasteiger partial charge >= 0.3 is 0 Å². The molecule has 1 rings (SSSR count). The lowest BCUT2D eigenvalue weighted by Crippen LogP contribution is -2.12. The van der Waals surface area contributed by atoms with Crippen molar-refractivity contribution in [1.82, 2.24) is 0 Å². The fourth-order valence-corrected chi connectivity index (χ4v) is 1.13. The van der Waals surface area contributed by atoms with Crippen molar-refractivity contribution in [3.8, 4) is 5.75 Å². The lowest BCUT2D eigenvalue weighted by Gasteiger charge is -2.07. The Morgan fingerprint density at radius 2 is 2.00 bits per heavy atom. The van der Waals surface area contributed by atoms with Crippen LogP contribution in [0.25, 0.3) is 0 Å². The molecule has 0 radical (unpaired) electrons. The molecule has 5 nitrogen and oxygen atoms in total. The number of carbonyl (C=O) groups excluding carboxylic acids is 2. The minimum Gasteiger partial charge on any atom is -0.497 e. The number of hydrogen-bond acceptors (Lipinski definition) is 3. The molecule has 0 aliphatic rings. The molecule has 0 bridgehead atoms. The Hall–Kier alpha value is -2.04. The van der Waals surface area contributed by atoms with Crippen LogP contribution < -0.4 is 15.8 Å². The summed E-state index contributed by atoms with van der Waals surface area (Å²) < 4.78 is 4.97. The third-order valence-electron chi connectivity index (χ3n) is 1.75. The van der Waals surface area contributed by atoms with E-state index >= 15 is 0 Å². The molecule has 3 N–H and O–H groups in total. The Balaban J connectivity index is 3.11. The van der Waals surface area contributed by atoms with Crippen LogP contribution in [-0.2, 0) is 4.79 Å². The number of primary amides is 1. The van der Waals surface area contributed by atoms with Crippen LogP contribution in [-0.4, -0.2) is 18.9 Å². The number of carbonyl (C=O) groups is 2. The summed E-state index contributed by atoms with van der Waals surface area (Å²) >= 11 is 0. The summed E-state index contributed by atoms with van der Waals surface area (Å²) in [6.45, 7) is 1.38. The molecule has 0 unspecified atom stereocenters. The molecule has 2 amide bonds. The molecule has 0 aliphatic carbocycles. The molecule has 5 heteroatoms. The minimum atomic E-state index is -0.569. The first-order valence-electron chi connectivity index (χ1n) is 4.29. The van der Waals surface area contributed by atoms with Gasteiger partial charge in [0.15, 0.2) is 0 Å². The fourth-order valence-electron chi connectivity index (χ4n) is 1.13. The first-order chi connectivity index (χ1) is 7.02. The van der Waals surface area contributed by atoms with E-state index in [0.29, 0.717) is 11.4 Å². The van der Waals surface area contributed by atoms with Crippen molar-refractivity contribution in [3.05, 3.63) is 23.8 Å². The lowest BCUT2D eigenvalue weighted by atomic mass is 10.2. The average molecular weight is 208 g/mol. The van der Waals surface area contributed by atoms with Gasteiger partial charge in [-0.25, -0.2) is 0 Å². The Labute approximate surface area is 87.2 Å². The molecule has 0 aliphatic heterocycles. The van der Waals surface area contributed by atoms with Gasteiger partial charge in [0.1, 0.15) is 5.75 Å². The van der Waals surface area contributed by atoms with Gasteiger partial charge in [-0.15, -0.1) is 0 Å². The number of nitrogens with two attached hydrogens (primary N) is 1. The number of amides is 2. The SMILES string of the molecule is COc1cc(NC(C)=O)cc(C(N)=O)c1. The molecule has 0 spiro atoms. The van der Waals surface area contributed by atoms with E-state index in [1.165, 1.54) is 26.2 Å². The van der Waals surface area contributed by atoms with Crippen LogP contribution in [0.1, 0.15) is 17.3 Å². The second-order valence-electron chi connectivity index (χ2n) is 3.00. The van der Waals surface area contributed by atoms with Crippen molar-refractivity contribution in [2.24, 2.45) is 5.73 Å². The molecule has 0 aromatic heterocycles. The van der Waals surface area contributed by atoms with E-state index in [9.17, 15) is 9.59 Å². The van der Waals surface area contributed by atoms with E-state index in [4.69, 9.17) is 10.5 Å². The van der Waals surface area contributed by atoms with Crippen molar-refractivity contribution in [2.75, 3.05) is 12.4 Å². The summed E-state index contributed by atoms with van der Waals surface area (Å²) in [5.41, 5.74) is 5.90. The maximum absolute atomic E-state index is 11.0. The molecule has 1 aromatic rings. The van der Waals surface area contributed by atoms with Gasteiger partial charge in [0, 0.05) is 24.2 Å². The predicted octanol–water partition coefficient (Wildman–Crippen LogP) is 0.752. The number of hydrogen-bond donors (Lipinski definition) is 2. The zero-order chi connectivity index (χ0) is 11.4. The molecule has 0 fully saturated rings. The highest BCUT2D eigenvalue weighted by atomic mass is 16.5. The van der Waals surface area contributed by atoms with Crippen LogP contribution in [0.15, 0.2) is 18.2 Å². The van der Waals surface area contributed by atoms with Crippen molar-refractivity contribution in [1.29, 1.82) is 0 Å². The van der Waals surface area contributed by atoms with Gasteiger partial charge in [0.25, 0.3) is 0 Å². The standard InChI is InChI=1S/C10H12N2O3/c1-6(13)12-8-3-7(10(11)14)4-9(5-8)15-2/h3-5H,1-2H3,(H2,11,14)(H,12,13).